The van der Waals surface area contributed by atoms with Gasteiger partial charge in [-0.15, -0.1) is 0 Å². The topological polar surface area (TPSA) is 63.3 Å². The van der Waals surface area contributed by atoms with E-state index in [1.165, 1.54) is 0 Å². The smallest absolute Gasteiger partial charge is 0.217 e. The Balaban J connectivity index is 2.83. The molecule has 0 bridgehead atoms. The van der Waals surface area contributed by atoms with Crippen LogP contribution >= 0.6 is 0 Å². The Morgan fingerprint density at radius 2 is 2.00 bits per heavy atom. The molecule has 0 aliphatic heterocycles. The molecule has 0 aromatic carbocycles. The highest BCUT2D eigenvalue weighted by Crippen LogP contribution is 1.96. The minimum atomic E-state index is -0.257. The number of nitrogens with two attached hydrogens (primary N) is 1. The van der Waals surface area contributed by atoms with Gasteiger partial charge in [-0.2, -0.15) is 0 Å². The van der Waals surface area contributed by atoms with Crippen molar-refractivity contribution in [1.29, 1.82) is 0 Å². The van der Waals surface area contributed by atoms with Gasteiger partial charge >= 0.3 is 0 Å². The van der Waals surface area contributed by atoms with Gasteiger partial charge in [-0.3, -0.25) is 4.79 Å². The van der Waals surface area contributed by atoms with E-state index in [-0.39, 0.29) is 12.5 Å². The highest BCUT2D eigenvalue weighted by molar-refractivity contribution is 5.73. The van der Waals surface area contributed by atoms with Crippen LogP contribution in [-0.2, 0) is 4.79 Å². The molecule has 0 radical (unpaired) electrons. The van der Waals surface area contributed by atoms with Crippen molar-refractivity contribution < 1.29 is 9.90 Å². The van der Waals surface area contributed by atoms with Crippen LogP contribution < -0.4 is 5.73 Å². The number of rotatable bonds is 5. The number of amides is 1. The summed E-state index contributed by atoms with van der Waals surface area (Å²) in [5.41, 5.74) is 4.87. The summed E-state index contributed by atoms with van der Waals surface area (Å²) < 4.78 is 0. The van der Waals surface area contributed by atoms with Gasteiger partial charge in [-0.1, -0.05) is 6.42 Å². The van der Waals surface area contributed by atoms with E-state index in [9.17, 15) is 4.79 Å². The molecule has 0 aliphatic carbocycles. The van der Waals surface area contributed by atoms with Crippen LogP contribution in [0.5, 0.6) is 0 Å². The first-order valence-corrected chi connectivity index (χ1v) is 3.16. The number of aliphatic hydroxyl groups excluding tert-OH is 1. The molecule has 3 heteroatoms. The second-order valence-corrected chi connectivity index (χ2v) is 2.00. The fourth-order valence-electron chi connectivity index (χ4n) is 0.588. The Morgan fingerprint density at radius 1 is 1.33 bits per heavy atom. The molecule has 0 spiro atoms. The van der Waals surface area contributed by atoms with E-state index in [0.29, 0.717) is 6.42 Å². The lowest BCUT2D eigenvalue weighted by atomic mass is 10.2. The molecule has 9 heavy (non-hydrogen) atoms. The van der Waals surface area contributed by atoms with Crippen LogP contribution in [0.4, 0.5) is 0 Å². The third-order valence-corrected chi connectivity index (χ3v) is 1.08. The Hall–Kier alpha value is -0.570. The zero-order valence-electron chi connectivity index (χ0n) is 5.47. The summed E-state index contributed by atoms with van der Waals surface area (Å²) in [6.07, 6.45) is 2.91. The molecule has 0 atom stereocenters. The predicted molar refractivity (Wildman–Crippen MR) is 34.7 cm³/mol. The van der Waals surface area contributed by atoms with Crippen LogP contribution in [0.1, 0.15) is 25.7 Å². The minimum Gasteiger partial charge on any atom is -0.396 e. The molecule has 0 fully saturated rings. The first-order chi connectivity index (χ1) is 4.27. The van der Waals surface area contributed by atoms with E-state index in [1.807, 2.05) is 0 Å². The normalized spacial score (nSPS) is 9.44. The minimum absolute atomic E-state index is 0.207. The van der Waals surface area contributed by atoms with E-state index in [1.54, 1.807) is 0 Å². The maximum absolute atomic E-state index is 10.1. The molecule has 3 nitrogen and oxygen atoms in total. The molecule has 0 aliphatic rings. The summed E-state index contributed by atoms with van der Waals surface area (Å²) in [5, 5.41) is 8.32. The Labute approximate surface area is 54.9 Å². The Bertz CT molecular complexity index is 83.1. The van der Waals surface area contributed by atoms with Crippen LogP contribution in [0.25, 0.3) is 0 Å². The van der Waals surface area contributed by atoms with Gasteiger partial charge in [0.15, 0.2) is 0 Å². The van der Waals surface area contributed by atoms with E-state index in [2.05, 4.69) is 0 Å². The van der Waals surface area contributed by atoms with Gasteiger partial charge in [0, 0.05) is 13.0 Å². The SMILES string of the molecule is NC(=O)CCCCCO. The molecule has 0 saturated heterocycles. The third-order valence-electron chi connectivity index (χ3n) is 1.08. The van der Waals surface area contributed by atoms with E-state index >= 15 is 0 Å². The lowest BCUT2D eigenvalue weighted by Crippen LogP contribution is -2.09. The van der Waals surface area contributed by atoms with Crippen molar-refractivity contribution in [3.63, 3.8) is 0 Å². The summed E-state index contributed by atoms with van der Waals surface area (Å²) >= 11 is 0. The molecule has 1 amide bonds. The van der Waals surface area contributed by atoms with Gasteiger partial charge in [0.25, 0.3) is 0 Å². The van der Waals surface area contributed by atoms with Gasteiger partial charge < -0.3 is 10.8 Å². The largest absolute Gasteiger partial charge is 0.396 e. The van der Waals surface area contributed by atoms with Crippen molar-refractivity contribution >= 4 is 5.91 Å². The van der Waals surface area contributed by atoms with Crippen LogP contribution in [0.2, 0.25) is 0 Å². The summed E-state index contributed by atoms with van der Waals surface area (Å²) in [6, 6.07) is 0. The lowest BCUT2D eigenvalue weighted by molar-refractivity contribution is -0.118. The molecule has 0 rings (SSSR count). The number of hydrogen-bond acceptors (Lipinski definition) is 2. The highest BCUT2D eigenvalue weighted by atomic mass is 16.2. The van der Waals surface area contributed by atoms with Crippen LogP contribution in [0, 0.1) is 0 Å². The van der Waals surface area contributed by atoms with Gasteiger partial charge in [-0.05, 0) is 12.8 Å². The third kappa shape index (κ3) is 7.43. The number of hydrogen-bond donors (Lipinski definition) is 2. The zero-order chi connectivity index (χ0) is 7.11. The first-order valence-electron chi connectivity index (χ1n) is 3.16. The molecule has 0 unspecified atom stereocenters. The summed E-state index contributed by atoms with van der Waals surface area (Å²) in [7, 11) is 0. The maximum atomic E-state index is 10.1. The molecule has 0 aromatic rings. The number of carbonyl (C=O) groups is 1. The number of carbonyl (C=O) groups excluding carboxylic acids is 1. The summed E-state index contributed by atoms with van der Waals surface area (Å²) in [5.74, 6) is -0.257. The molecular weight excluding hydrogens is 118 g/mol. The van der Waals surface area contributed by atoms with Gasteiger partial charge in [-0.25, -0.2) is 0 Å². The highest BCUT2D eigenvalue weighted by Gasteiger charge is 1.92. The average molecular weight is 131 g/mol. The number of unbranched alkanes of at least 4 members (excludes halogenated alkanes) is 2. The van der Waals surface area contributed by atoms with Crippen molar-refractivity contribution in [3.8, 4) is 0 Å². The maximum Gasteiger partial charge on any atom is 0.217 e. The Kier molecular flexibility index (Phi) is 5.21. The van der Waals surface area contributed by atoms with Gasteiger partial charge in [0.2, 0.25) is 5.91 Å². The molecule has 54 valence electrons. The quantitative estimate of drug-likeness (QED) is 0.517. The molecule has 0 saturated carbocycles. The molecular formula is C6H13NO2. The second kappa shape index (κ2) is 5.56. The molecule has 0 aromatic heterocycles. The van der Waals surface area contributed by atoms with Crippen molar-refractivity contribution in [3.05, 3.63) is 0 Å². The molecule has 0 heterocycles. The lowest BCUT2D eigenvalue weighted by Gasteiger charge is -1.93. The number of primary amides is 1. The van der Waals surface area contributed by atoms with Gasteiger partial charge in [0.05, 0.1) is 0 Å². The fourth-order valence-corrected chi connectivity index (χ4v) is 0.588. The monoisotopic (exact) mass is 131 g/mol. The van der Waals surface area contributed by atoms with Gasteiger partial charge in [0.1, 0.15) is 0 Å². The van der Waals surface area contributed by atoms with Crippen LogP contribution in [-0.4, -0.2) is 17.6 Å². The Morgan fingerprint density at radius 3 is 2.44 bits per heavy atom. The van der Waals surface area contributed by atoms with Crippen LogP contribution in [0.3, 0.4) is 0 Å². The van der Waals surface area contributed by atoms with Crippen molar-refractivity contribution in [2.24, 2.45) is 5.73 Å². The van der Waals surface area contributed by atoms with Crippen molar-refractivity contribution in [1.82, 2.24) is 0 Å². The first kappa shape index (κ1) is 8.43. The van der Waals surface area contributed by atoms with E-state index < -0.39 is 0 Å². The van der Waals surface area contributed by atoms with Crippen LogP contribution in [0.15, 0.2) is 0 Å². The summed E-state index contributed by atoms with van der Waals surface area (Å²) in [4.78, 5) is 10.1. The zero-order valence-corrected chi connectivity index (χ0v) is 5.47. The second-order valence-electron chi connectivity index (χ2n) is 2.00. The predicted octanol–water partition coefficient (Wildman–Crippen LogP) is 0.0244. The fraction of sp³-hybridized carbons (Fsp3) is 0.833. The average Bonchev–Trinajstić information content (AvgIpc) is 1.80. The number of aliphatic hydroxyl groups is 1. The summed E-state index contributed by atoms with van der Waals surface area (Å²) in [6.45, 7) is 0.207. The van der Waals surface area contributed by atoms with E-state index in [0.717, 1.165) is 19.3 Å². The standard InChI is InChI=1S/C6H13NO2/c7-6(9)4-2-1-3-5-8/h8H,1-5H2,(H2,7,9). The van der Waals surface area contributed by atoms with Crippen molar-refractivity contribution in [2.45, 2.75) is 25.7 Å². The van der Waals surface area contributed by atoms with Crippen molar-refractivity contribution in [2.75, 3.05) is 6.61 Å². The van der Waals surface area contributed by atoms with E-state index in [4.69, 9.17) is 10.8 Å². The molecule has 3 N–H and O–H groups in total.